The monoisotopic (exact) mass is 230 g/mol. The van der Waals surface area contributed by atoms with Gasteiger partial charge in [-0.2, -0.15) is 0 Å². The summed E-state index contributed by atoms with van der Waals surface area (Å²) in [6.45, 7) is 3.71. The number of ketones is 1. The quantitative estimate of drug-likeness (QED) is 0.766. The van der Waals surface area contributed by atoms with E-state index in [1.807, 2.05) is 19.9 Å². The molecule has 1 aromatic rings. The highest BCUT2D eigenvalue weighted by atomic mass is 35.5. The second kappa shape index (κ2) is 4.81. The van der Waals surface area contributed by atoms with Crippen molar-refractivity contribution in [2.75, 3.05) is 0 Å². The van der Waals surface area contributed by atoms with Crippen molar-refractivity contribution in [3.63, 3.8) is 0 Å². The number of hydrogen-bond donors (Lipinski definition) is 0. The lowest BCUT2D eigenvalue weighted by atomic mass is 9.95. The zero-order valence-corrected chi connectivity index (χ0v) is 9.69. The van der Waals surface area contributed by atoms with Crippen molar-refractivity contribution < 1.29 is 4.79 Å². The predicted molar refractivity (Wildman–Crippen MR) is 60.2 cm³/mol. The summed E-state index contributed by atoms with van der Waals surface area (Å²) in [5.74, 6) is 0.0407. The van der Waals surface area contributed by atoms with E-state index in [0.717, 1.165) is 5.56 Å². The highest BCUT2D eigenvalue weighted by molar-refractivity contribution is 6.35. The summed E-state index contributed by atoms with van der Waals surface area (Å²) in [4.78, 5) is 11.5. The first kappa shape index (κ1) is 11.5. The van der Waals surface area contributed by atoms with Gasteiger partial charge in [0.05, 0.1) is 0 Å². The molecule has 0 aliphatic heterocycles. The largest absolute Gasteiger partial charge is 0.299 e. The molecule has 0 saturated heterocycles. The van der Waals surface area contributed by atoms with Gasteiger partial charge < -0.3 is 0 Å². The standard InChI is InChI=1S/C11H12Cl2O/c1-3-11(14)7(2)9-5-4-8(12)6-10(9)13/h4-7H,3H2,1-2H3. The van der Waals surface area contributed by atoms with E-state index in [1.54, 1.807) is 12.1 Å². The lowest BCUT2D eigenvalue weighted by Crippen LogP contribution is -2.07. The van der Waals surface area contributed by atoms with Crippen LogP contribution in [-0.4, -0.2) is 5.78 Å². The van der Waals surface area contributed by atoms with Gasteiger partial charge in [0.1, 0.15) is 5.78 Å². The summed E-state index contributed by atoms with van der Waals surface area (Å²) in [7, 11) is 0. The number of hydrogen-bond acceptors (Lipinski definition) is 1. The maximum atomic E-state index is 11.5. The Labute approximate surface area is 94.0 Å². The molecule has 1 nitrogen and oxygen atoms in total. The third kappa shape index (κ3) is 2.49. The maximum absolute atomic E-state index is 11.5. The molecule has 14 heavy (non-hydrogen) atoms. The SMILES string of the molecule is CCC(=O)C(C)c1ccc(Cl)cc1Cl. The van der Waals surface area contributed by atoms with Gasteiger partial charge in [0.15, 0.2) is 0 Å². The van der Waals surface area contributed by atoms with Crippen LogP contribution in [0, 0.1) is 0 Å². The Morgan fingerprint density at radius 3 is 2.57 bits per heavy atom. The molecule has 1 unspecified atom stereocenters. The highest BCUT2D eigenvalue weighted by Gasteiger charge is 2.15. The first-order valence-corrected chi connectivity index (χ1v) is 5.29. The van der Waals surface area contributed by atoms with Gasteiger partial charge in [-0.05, 0) is 17.7 Å². The normalized spacial score (nSPS) is 12.6. The van der Waals surface area contributed by atoms with Gasteiger partial charge in [-0.3, -0.25) is 4.79 Å². The van der Waals surface area contributed by atoms with Gasteiger partial charge in [0.25, 0.3) is 0 Å². The zero-order chi connectivity index (χ0) is 10.7. The van der Waals surface area contributed by atoms with E-state index < -0.39 is 0 Å². The molecule has 0 spiro atoms. The van der Waals surface area contributed by atoms with Crippen molar-refractivity contribution in [2.45, 2.75) is 26.2 Å². The summed E-state index contributed by atoms with van der Waals surface area (Å²) in [6.07, 6.45) is 0.528. The molecule has 0 aliphatic carbocycles. The summed E-state index contributed by atoms with van der Waals surface area (Å²) < 4.78 is 0. The van der Waals surface area contributed by atoms with Gasteiger partial charge in [-0.1, -0.05) is 43.1 Å². The fourth-order valence-electron chi connectivity index (χ4n) is 1.33. The summed E-state index contributed by atoms with van der Waals surface area (Å²) >= 11 is 11.8. The Morgan fingerprint density at radius 2 is 2.07 bits per heavy atom. The van der Waals surface area contributed by atoms with Gasteiger partial charge in [-0.25, -0.2) is 0 Å². The van der Waals surface area contributed by atoms with Crippen molar-refractivity contribution in [1.82, 2.24) is 0 Å². The number of carbonyl (C=O) groups excluding carboxylic acids is 1. The van der Waals surface area contributed by atoms with Crippen LogP contribution in [0.3, 0.4) is 0 Å². The van der Waals surface area contributed by atoms with Crippen LogP contribution < -0.4 is 0 Å². The topological polar surface area (TPSA) is 17.1 Å². The Bertz CT molecular complexity index is 347. The lowest BCUT2D eigenvalue weighted by molar-refractivity contribution is -0.119. The molecule has 0 aliphatic rings. The Kier molecular flexibility index (Phi) is 3.97. The molecule has 1 aromatic carbocycles. The van der Waals surface area contributed by atoms with Crippen molar-refractivity contribution >= 4 is 29.0 Å². The zero-order valence-electron chi connectivity index (χ0n) is 8.18. The van der Waals surface area contributed by atoms with E-state index >= 15 is 0 Å². The number of carbonyl (C=O) groups is 1. The molecule has 3 heteroatoms. The number of benzene rings is 1. The lowest BCUT2D eigenvalue weighted by Gasteiger charge is -2.11. The molecule has 0 bridgehead atoms. The minimum absolute atomic E-state index is 0.148. The van der Waals surface area contributed by atoms with Crippen LogP contribution in [0.2, 0.25) is 10.0 Å². The fourth-order valence-corrected chi connectivity index (χ4v) is 1.90. The van der Waals surface area contributed by atoms with Crippen LogP contribution in [-0.2, 0) is 4.79 Å². The van der Waals surface area contributed by atoms with E-state index in [0.29, 0.717) is 16.5 Å². The van der Waals surface area contributed by atoms with Crippen LogP contribution in [0.5, 0.6) is 0 Å². The van der Waals surface area contributed by atoms with E-state index in [2.05, 4.69) is 0 Å². The second-order valence-electron chi connectivity index (χ2n) is 3.21. The maximum Gasteiger partial charge on any atom is 0.139 e. The predicted octanol–water partition coefficient (Wildman–Crippen LogP) is 4.08. The number of rotatable bonds is 3. The van der Waals surface area contributed by atoms with Crippen molar-refractivity contribution in [1.29, 1.82) is 0 Å². The van der Waals surface area contributed by atoms with Crippen molar-refractivity contribution in [3.8, 4) is 0 Å². The second-order valence-corrected chi connectivity index (χ2v) is 4.05. The summed E-state index contributed by atoms with van der Waals surface area (Å²) in [5, 5.41) is 1.15. The Balaban J connectivity index is 3.01. The van der Waals surface area contributed by atoms with E-state index in [4.69, 9.17) is 23.2 Å². The molecular weight excluding hydrogens is 219 g/mol. The van der Waals surface area contributed by atoms with Crippen LogP contribution in [0.4, 0.5) is 0 Å². The molecular formula is C11H12Cl2O. The van der Waals surface area contributed by atoms with Gasteiger partial charge in [0, 0.05) is 22.4 Å². The fraction of sp³-hybridized carbons (Fsp3) is 0.364. The molecule has 1 atom stereocenters. The van der Waals surface area contributed by atoms with E-state index in [9.17, 15) is 4.79 Å². The minimum atomic E-state index is -0.148. The summed E-state index contributed by atoms with van der Waals surface area (Å²) in [5.41, 5.74) is 0.850. The molecule has 0 aromatic heterocycles. The Morgan fingerprint density at radius 1 is 1.43 bits per heavy atom. The molecule has 0 heterocycles. The molecule has 0 saturated carbocycles. The smallest absolute Gasteiger partial charge is 0.139 e. The van der Waals surface area contributed by atoms with Gasteiger partial charge in [-0.15, -0.1) is 0 Å². The average molecular weight is 231 g/mol. The van der Waals surface area contributed by atoms with Crippen molar-refractivity contribution in [3.05, 3.63) is 33.8 Å². The average Bonchev–Trinajstić information content (AvgIpc) is 2.15. The van der Waals surface area contributed by atoms with Crippen molar-refractivity contribution in [2.24, 2.45) is 0 Å². The first-order chi connectivity index (χ1) is 6.56. The summed E-state index contributed by atoms with van der Waals surface area (Å²) in [6, 6.07) is 5.23. The number of halogens is 2. The molecule has 0 fully saturated rings. The van der Waals surface area contributed by atoms with E-state index in [-0.39, 0.29) is 11.7 Å². The molecule has 76 valence electrons. The Hall–Kier alpha value is -0.530. The third-order valence-electron chi connectivity index (χ3n) is 2.26. The van der Waals surface area contributed by atoms with E-state index in [1.165, 1.54) is 0 Å². The third-order valence-corrected chi connectivity index (χ3v) is 2.82. The molecule has 0 radical (unpaired) electrons. The molecule has 0 N–H and O–H groups in total. The number of Topliss-reactive ketones (excluding diaryl/α,β-unsaturated/α-hetero) is 1. The first-order valence-electron chi connectivity index (χ1n) is 4.54. The molecule has 0 amide bonds. The highest BCUT2D eigenvalue weighted by Crippen LogP contribution is 2.28. The molecule has 1 rings (SSSR count). The minimum Gasteiger partial charge on any atom is -0.299 e. The van der Waals surface area contributed by atoms with Gasteiger partial charge >= 0.3 is 0 Å². The van der Waals surface area contributed by atoms with Crippen LogP contribution in [0.1, 0.15) is 31.7 Å². The van der Waals surface area contributed by atoms with Crippen LogP contribution in [0.25, 0.3) is 0 Å². The van der Waals surface area contributed by atoms with Crippen LogP contribution >= 0.6 is 23.2 Å². The van der Waals surface area contributed by atoms with Gasteiger partial charge in [0.2, 0.25) is 0 Å². The van der Waals surface area contributed by atoms with Crippen LogP contribution in [0.15, 0.2) is 18.2 Å².